The molecule has 1 rings (SSSR count). The summed E-state index contributed by atoms with van der Waals surface area (Å²) in [6, 6.07) is 0. The van der Waals surface area contributed by atoms with Crippen LogP contribution in [-0.4, -0.2) is 57.8 Å². The molecule has 1 fully saturated rings. The number of nitrogens with zero attached hydrogens (tertiary/aromatic N) is 2. The zero-order chi connectivity index (χ0) is 15.0. The van der Waals surface area contributed by atoms with Crippen molar-refractivity contribution in [3.05, 3.63) is 0 Å². The Morgan fingerprint density at radius 2 is 2.10 bits per heavy atom. The molecule has 1 atom stereocenters. The molecule has 0 bridgehead atoms. The number of sulfonamides is 1. The fourth-order valence-electron chi connectivity index (χ4n) is 2.27. The average Bonchev–Trinajstić information content (AvgIpc) is 2.42. The van der Waals surface area contributed by atoms with E-state index in [1.54, 1.807) is 6.92 Å². The quantitative estimate of drug-likeness (QED) is 0.287. The molecule has 0 spiro atoms. The maximum absolute atomic E-state index is 11.3. The van der Waals surface area contributed by atoms with Crippen LogP contribution in [0.2, 0.25) is 0 Å². The molecule has 0 amide bonds. The number of halogens is 1. The molecule has 6 nitrogen and oxygen atoms in total. The first-order valence-corrected chi connectivity index (χ1v) is 9.14. The largest absolute Gasteiger partial charge is 0.357 e. The van der Waals surface area contributed by atoms with Gasteiger partial charge in [0.25, 0.3) is 0 Å². The van der Waals surface area contributed by atoms with E-state index in [-0.39, 0.29) is 29.7 Å². The van der Waals surface area contributed by atoms with Crippen LogP contribution in [0.4, 0.5) is 0 Å². The lowest BCUT2D eigenvalue weighted by Gasteiger charge is -2.33. The van der Waals surface area contributed by atoms with Crippen molar-refractivity contribution in [2.45, 2.75) is 33.6 Å². The fraction of sp³-hybridized carbons (Fsp3) is 0.923. The summed E-state index contributed by atoms with van der Waals surface area (Å²) in [5, 5.41) is 3.28. The van der Waals surface area contributed by atoms with E-state index in [2.05, 4.69) is 26.9 Å². The van der Waals surface area contributed by atoms with E-state index in [1.165, 1.54) is 12.8 Å². The van der Waals surface area contributed by atoms with Crippen molar-refractivity contribution < 1.29 is 8.42 Å². The van der Waals surface area contributed by atoms with Crippen LogP contribution in [-0.2, 0) is 10.0 Å². The Morgan fingerprint density at radius 1 is 1.38 bits per heavy atom. The van der Waals surface area contributed by atoms with E-state index in [0.29, 0.717) is 19.0 Å². The number of aliphatic imine (C=N–C) groups is 1. The van der Waals surface area contributed by atoms with Crippen LogP contribution in [0.25, 0.3) is 0 Å². The van der Waals surface area contributed by atoms with Crippen LogP contribution in [0.5, 0.6) is 0 Å². The molecule has 0 radical (unpaired) electrons. The van der Waals surface area contributed by atoms with Gasteiger partial charge < -0.3 is 10.2 Å². The standard InChI is InChI=1S/C13H28N4O2S.HI/c1-4-14-13(17-10-6-7-12(3)11-17)15-8-9-16-20(18,19)5-2;/h12,16H,4-11H2,1-3H3,(H,14,15);1H. The molecule has 0 aromatic carbocycles. The smallest absolute Gasteiger partial charge is 0.211 e. The van der Waals surface area contributed by atoms with Crippen LogP contribution < -0.4 is 10.0 Å². The molecule has 0 saturated carbocycles. The monoisotopic (exact) mass is 432 g/mol. The lowest BCUT2D eigenvalue weighted by molar-refractivity contribution is 0.266. The number of hydrogen-bond acceptors (Lipinski definition) is 3. The molecule has 1 heterocycles. The molecule has 126 valence electrons. The van der Waals surface area contributed by atoms with Crippen molar-refractivity contribution in [1.82, 2.24) is 14.9 Å². The van der Waals surface area contributed by atoms with Crippen LogP contribution in [0.1, 0.15) is 33.6 Å². The van der Waals surface area contributed by atoms with Gasteiger partial charge in [0.15, 0.2) is 5.96 Å². The second-order valence-electron chi connectivity index (χ2n) is 5.23. The molecular weight excluding hydrogens is 403 g/mol. The number of piperidine rings is 1. The summed E-state index contributed by atoms with van der Waals surface area (Å²) < 4.78 is 25.2. The van der Waals surface area contributed by atoms with Gasteiger partial charge in [-0.1, -0.05) is 6.92 Å². The van der Waals surface area contributed by atoms with E-state index >= 15 is 0 Å². The van der Waals surface area contributed by atoms with Gasteiger partial charge >= 0.3 is 0 Å². The van der Waals surface area contributed by atoms with Crippen LogP contribution in [0.3, 0.4) is 0 Å². The van der Waals surface area contributed by atoms with Crippen molar-refractivity contribution in [2.24, 2.45) is 10.9 Å². The van der Waals surface area contributed by atoms with Gasteiger partial charge in [0.1, 0.15) is 0 Å². The molecule has 1 aliphatic rings. The van der Waals surface area contributed by atoms with Gasteiger partial charge in [0, 0.05) is 26.2 Å². The summed E-state index contributed by atoms with van der Waals surface area (Å²) in [7, 11) is -3.12. The van der Waals surface area contributed by atoms with Crippen molar-refractivity contribution >= 4 is 40.0 Å². The first-order valence-electron chi connectivity index (χ1n) is 7.49. The van der Waals surface area contributed by atoms with E-state index in [1.807, 2.05) is 6.92 Å². The topological polar surface area (TPSA) is 73.8 Å². The Labute approximate surface area is 146 Å². The van der Waals surface area contributed by atoms with Crippen LogP contribution in [0.15, 0.2) is 4.99 Å². The molecule has 0 aliphatic carbocycles. The van der Waals surface area contributed by atoms with Crippen molar-refractivity contribution in [3.63, 3.8) is 0 Å². The Morgan fingerprint density at radius 3 is 2.67 bits per heavy atom. The minimum atomic E-state index is -3.12. The van der Waals surface area contributed by atoms with Gasteiger partial charge in [-0.15, -0.1) is 24.0 Å². The number of hydrogen-bond donors (Lipinski definition) is 2. The molecule has 0 aromatic rings. The SMILES string of the molecule is CCNC(=NCCNS(=O)(=O)CC)N1CCCC(C)C1.I. The number of likely N-dealkylation sites (tertiary alicyclic amines) is 1. The van der Waals surface area contributed by atoms with Gasteiger partial charge in [-0.2, -0.15) is 0 Å². The molecule has 1 saturated heterocycles. The minimum Gasteiger partial charge on any atom is -0.357 e. The van der Waals surface area contributed by atoms with Gasteiger partial charge in [-0.25, -0.2) is 13.1 Å². The summed E-state index contributed by atoms with van der Waals surface area (Å²) in [6.45, 7) is 9.62. The summed E-state index contributed by atoms with van der Waals surface area (Å²) in [6.07, 6.45) is 2.46. The van der Waals surface area contributed by atoms with Gasteiger partial charge in [-0.3, -0.25) is 4.99 Å². The predicted molar refractivity (Wildman–Crippen MR) is 98.8 cm³/mol. The molecule has 1 unspecified atom stereocenters. The highest BCUT2D eigenvalue weighted by atomic mass is 127. The Kier molecular flexibility index (Phi) is 10.6. The summed E-state index contributed by atoms with van der Waals surface area (Å²) in [4.78, 5) is 6.78. The number of rotatable bonds is 6. The highest BCUT2D eigenvalue weighted by Gasteiger charge is 2.18. The first-order chi connectivity index (χ1) is 9.48. The first kappa shape index (κ1) is 20.9. The van der Waals surface area contributed by atoms with E-state index in [0.717, 1.165) is 25.6 Å². The molecule has 0 aromatic heterocycles. The fourth-order valence-corrected chi connectivity index (χ4v) is 2.88. The van der Waals surface area contributed by atoms with E-state index < -0.39 is 10.0 Å². The Balaban J connectivity index is 0.00000400. The second-order valence-corrected chi connectivity index (χ2v) is 7.32. The van der Waals surface area contributed by atoms with Gasteiger partial charge in [0.2, 0.25) is 10.0 Å². The van der Waals surface area contributed by atoms with Crippen LogP contribution in [0, 0.1) is 5.92 Å². The highest BCUT2D eigenvalue weighted by molar-refractivity contribution is 14.0. The maximum Gasteiger partial charge on any atom is 0.211 e. The average molecular weight is 432 g/mol. The number of nitrogens with one attached hydrogen (secondary N) is 2. The summed E-state index contributed by atoms with van der Waals surface area (Å²) >= 11 is 0. The molecule has 8 heteroatoms. The summed E-state index contributed by atoms with van der Waals surface area (Å²) in [5.41, 5.74) is 0. The van der Waals surface area contributed by atoms with Gasteiger partial charge in [0.05, 0.1) is 12.3 Å². The Hall–Kier alpha value is -0.0900. The lowest BCUT2D eigenvalue weighted by Crippen LogP contribution is -2.46. The minimum absolute atomic E-state index is 0. The third-order valence-corrected chi connectivity index (χ3v) is 4.77. The predicted octanol–water partition coefficient (Wildman–Crippen LogP) is 1.24. The zero-order valence-corrected chi connectivity index (χ0v) is 16.4. The third-order valence-electron chi connectivity index (χ3n) is 3.37. The number of guanidine groups is 1. The summed E-state index contributed by atoms with van der Waals surface area (Å²) in [5.74, 6) is 1.70. The van der Waals surface area contributed by atoms with Gasteiger partial charge in [-0.05, 0) is 32.6 Å². The van der Waals surface area contributed by atoms with Crippen LogP contribution >= 0.6 is 24.0 Å². The molecule has 1 aliphatic heterocycles. The highest BCUT2D eigenvalue weighted by Crippen LogP contribution is 2.15. The lowest BCUT2D eigenvalue weighted by atomic mass is 10.0. The zero-order valence-electron chi connectivity index (χ0n) is 13.3. The molecular formula is C13H29IN4O2S. The maximum atomic E-state index is 11.3. The molecule has 21 heavy (non-hydrogen) atoms. The van der Waals surface area contributed by atoms with E-state index in [4.69, 9.17) is 0 Å². The van der Waals surface area contributed by atoms with Crippen molar-refractivity contribution in [3.8, 4) is 0 Å². The second kappa shape index (κ2) is 10.6. The Bertz CT molecular complexity index is 414. The third kappa shape index (κ3) is 8.20. The van der Waals surface area contributed by atoms with E-state index in [9.17, 15) is 8.42 Å². The van der Waals surface area contributed by atoms with Crippen molar-refractivity contribution in [2.75, 3.05) is 38.5 Å². The normalized spacial score (nSPS) is 20.0. The van der Waals surface area contributed by atoms with Crippen molar-refractivity contribution in [1.29, 1.82) is 0 Å². The molecule has 2 N–H and O–H groups in total.